The highest BCUT2D eigenvalue weighted by Crippen LogP contribution is 2.34. The van der Waals surface area contributed by atoms with Gasteiger partial charge in [-0.25, -0.2) is 5.43 Å². The summed E-state index contributed by atoms with van der Waals surface area (Å²) in [6, 6.07) is 1.72. The monoisotopic (exact) mass is 291 g/mol. The van der Waals surface area contributed by atoms with Crippen molar-refractivity contribution in [3.05, 3.63) is 35.9 Å². The molecule has 1 atom stereocenters. The maximum Gasteiger partial charge on any atom is 0.161 e. The Bertz CT molecular complexity index is 597. The minimum atomic E-state index is -0.317. The van der Waals surface area contributed by atoms with E-state index in [2.05, 4.69) is 15.5 Å². The van der Waals surface area contributed by atoms with Crippen LogP contribution in [0.25, 0.3) is 0 Å². The quantitative estimate of drug-likeness (QED) is 0.618. The van der Waals surface area contributed by atoms with Gasteiger partial charge in [0.05, 0.1) is 32.7 Å². The molecule has 7 nitrogen and oxygen atoms in total. The molecule has 2 aromatic heterocycles. The highest BCUT2D eigenvalue weighted by molar-refractivity contribution is 5.42. The van der Waals surface area contributed by atoms with Crippen molar-refractivity contribution < 1.29 is 9.47 Å². The van der Waals surface area contributed by atoms with Crippen molar-refractivity contribution in [2.24, 2.45) is 5.84 Å². The lowest BCUT2D eigenvalue weighted by Crippen LogP contribution is -2.31. The van der Waals surface area contributed by atoms with E-state index in [0.29, 0.717) is 11.5 Å². The molecule has 2 rings (SSSR count). The smallest absolute Gasteiger partial charge is 0.161 e. The molecule has 0 aliphatic heterocycles. The molecule has 0 spiro atoms. The lowest BCUT2D eigenvalue weighted by atomic mass is 10.0. The summed E-state index contributed by atoms with van der Waals surface area (Å²) in [5, 5.41) is 4.38. The highest BCUT2D eigenvalue weighted by Gasteiger charge is 2.26. The Kier molecular flexibility index (Phi) is 4.77. The molecule has 0 bridgehead atoms. The largest absolute Gasteiger partial charge is 0.495 e. The summed E-state index contributed by atoms with van der Waals surface area (Å²) < 4.78 is 12.7. The van der Waals surface area contributed by atoms with Crippen molar-refractivity contribution in [1.29, 1.82) is 0 Å². The number of rotatable bonds is 6. The van der Waals surface area contributed by atoms with Crippen LogP contribution in [0.3, 0.4) is 0 Å². The Hall–Kier alpha value is -2.12. The molecule has 1 unspecified atom stereocenters. The average molecular weight is 291 g/mol. The molecule has 0 amide bonds. The van der Waals surface area contributed by atoms with Crippen molar-refractivity contribution in [3.8, 4) is 11.5 Å². The first-order valence-corrected chi connectivity index (χ1v) is 6.69. The molecular weight excluding hydrogens is 270 g/mol. The van der Waals surface area contributed by atoms with Crippen LogP contribution in [-0.2, 0) is 0 Å². The van der Waals surface area contributed by atoms with Gasteiger partial charge in [0.1, 0.15) is 11.4 Å². The molecular formula is C14H21N5O2. The fourth-order valence-electron chi connectivity index (χ4n) is 2.31. The van der Waals surface area contributed by atoms with Gasteiger partial charge in [-0.05, 0) is 19.9 Å². The van der Waals surface area contributed by atoms with Gasteiger partial charge in [0.25, 0.3) is 0 Å². The molecule has 0 aliphatic rings. The summed E-state index contributed by atoms with van der Waals surface area (Å²) in [7, 11) is 3.22. The first-order valence-electron chi connectivity index (χ1n) is 6.69. The molecule has 0 fully saturated rings. The summed E-state index contributed by atoms with van der Waals surface area (Å²) in [6.45, 7) is 4.10. The van der Waals surface area contributed by atoms with Crippen LogP contribution in [0.2, 0.25) is 0 Å². The van der Waals surface area contributed by atoms with Gasteiger partial charge in [0.2, 0.25) is 0 Å². The topological polar surface area (TPSA) is 87.2 Å². The van der Waals surface area contributed by atoms with Crippen molar-refractivity contribution in [2.45, 2.75) is 25.9 Å². The number of aromatic nitrogens is 3. The van der Waals surface area contributed by atoms with E-state index in [4.69, 9.17) is 15.3 Å². The van der Waals surface area contributed by atoms with Crippen LogP contribution in [0.5, 0.6) is 11.5 Å². The second kappa shape index (κ2) is 6.55. The van der Waals surface area contributed by atoms with E-state index in [1.165, 1.54) is 0 Å². The third-order valence-electron chi connectivity index (χ3n) is 3.30. The molecule has 114 valence electrons. The predicted molar refractivity (Wildman–Crippen MR) is 79.1 cm³/mol. The molecule has 2 heterocycles. The SMILES string of the molecule is COc1cnccc1C(NN)c1c(OC)cnn1C(C)C. The average Bonchev–Trinajstić information content (AvgIpc) is 2.92. The van der Waals surface area contributed by atoms with Gasteiger partial charge < -0.3 is 9.47 Å². The summed E-state index contributed by atoms with van der Waals surface area (Å²) in [5.41, 5.74) is 4.53. The van der Waals surface area contributed by atoms with Gasteiger partial charge in [-0.2, -0.15) is 5.10 Å². The highest BCUT2D eigenvalue weighted by atomic mass is 16.5. The molecule has 0 saturated carbocycles. The molecule has 0 saturated heterocycles. The fourth-order valence-corrected chi connectivity index (χ4v) is 2.31. The first kappa shape index (κ1) is 15.3. The fraction of sp³-hybridized carbons (Fsp3) is 0.429. The number of nitrogens with two attached hydrogens (primary N) is 1. The Morgan fingerprint density at radius 3 is 2.48 bits per heavy atom. The first-order chi connectivity index (χ1) is 10.1. The summed E-state index contributed by atoms with van der Waals surface area (Å²) in [4.78, 5) is 4.07. The van der Waals surface area contributed by atoms with E-state index in [1.54, 1.807) is 32.8 Å². The van der Waals surface area contributed by atoms with E-state index in [-0.39, 0.29) is 12.1 Å². The van der Waals surface area contributed by atoms with Gasteiger partial charge in [0.15, 0.2) is 5.75 Å². The van der Waals surface area contributed by atoms with Gasteiger partial charge >= 0.3 is 0 Å². The number of hydrogen-bond donors (Lipinski definition) is 2. The standard InChI is InChI=1S/C14H21N5O2/c1-9(2)19-14(12(21-4)8-17-19)13(18-15)10-5-6-16-7-11(10)20-3/h5-9,13,18H,15H2,1-4H3. The second-order valence-corrected chi connectivity index (χ2v) is 4.85. The number of hydrazine groups is 1. The molecule has 2 aromatic rings. The van der Waals surface area contributed by atoms with E-state index >= 15 is 0 Å². The van der Waals surface area contributed by atoms with Crippen molar-refractivity contribution in [3.63, 3.8) is 0 Å². The van der Waals surface area contributed by atoms with Crippen molar-refractivity contribution in [2.75, 3.05) is 14.2 Å². The predicted octanol–water partition coefficient (Wildman–Crippen LogP) is 1.43. The van der Waals surface area contributed by atoms with E-state index in [1.807, 2.05) is 24.6 Å². The van der Waals surface area contributed by atoms with E-state index in [9.17, 15) is 0 Å². The molecule has 3 N–H and O–H groups in total. The third kappa shape index (κ3) is 2.84. The number of nitrogens with one attached hydrogen (secondary N) is 1. The lowest BCUT2D eigenvalue weighted by Gasteiger charge is -2.22. The van der Waals surface area contributed by atoms with Crippen LogP contribution < -0.4 is 20.7 Å². The van der Waals surface area contributed by atoms with Gasteiger partial charge in [-0.1, -0.05) is 0 Å². The van der Waals surface area contributed by atoms with Crippen LogP contribution in [0, 0.1) is 0 Å². The van der Waals surface area contributed by atoms with E-state index < -0.39 is 0 Å². The summed E-state index contributed by atoms with van der Waals surface area (Å²) in [6.07, 6.45) is 5.04. The van der Waals surface area contributed by atoms with Gasteiger partial charge in [-0.3, -0.25) is 15.5 Å². The molecule has 0 aliphatic carbocycles. The van der Waals surface area contributed by atoms with Gasteiger partial charge in [0, 0.05) is 17.8 Å². The minimum absolute atomic E-state index is 0.174. The zero-order valence-electron chi connectivity index (χ0n) is 12.7. The zero-order valence-corrected chi connectivity index (χ0v) is 12.7. The van der Waals surface area contributed by atoms with Crippen LogP contribution in [0.4, 0.5) is 0 Å². The Morgan fingerprint density at radius 1 is 1.19 bits per heavy atom. The number of ether oxygens (including phenoxy) is 2. The number of methoxy groups -OCH3 is 2. The van der Waals surface area contributed by atoms with Crippen LogP contribution >= 0.6 is 0 Å². The molecule has 0 radical (unpaired) electrons. The number of pyridine rings is 1. The van der Waals surface area contributed by atoms with Gasteiger partial charge in [-0.15, -0.1) is 0 Å². The molecule has 21 heavy (non-hydrogen) atoms. The molecule has 0 aromatic carbocycles. The minimum Gasteiger partial charge on any atom is -0.495 e. The van der Waals surface area contributed by atoms with E-state index in [0.717, 1.165) is 11.3 Å². The maximum atomic E-state index is 5.79. The summed E-state index contributed by atoms with van der Waals surface area (Å²) >= 11 is 0. The Morgan fingerprint density at radius 2 is 1.90 bits per heavy atom. The Balaban J connectivity index is 2.58. The third-order valence-corrected chi connectivity index (χ3v) is 3.30. The van der Waals surface area contributed by atoms with Crippen LogP contribution in [-0.4, -0.2) is 29.0 Å². The normalized spacial score (nSPS) is 12.5. The van der Waals surface area contributed by atoms with Crippen molar-refractivity contribution in [1.82, 2.24) is 20.2 Å². The number of nitrogens with zero attached hydrogens (tertiary/aromatic N) is 3. The Labute approximate surface area is 124 Å². The van der Waals surface area contributed by atoms with Crippen LogP contribution in [0.1, 0.15) is 37.2 Å². The number of hydrogen-bond acceptors (Lipinski definition) is 6. The lowest BCUT2D eigenvalue weighted by molar-refractivity contribution is 0.382. The second-order valence-electron chi connectivity index (χ2n) is 4.85. The maximum absolute atomic E-state index is 5.79. The van der Waals surface area contributed by atoms with Crippen LogP contribution in [0.15, 0.2) is 24.7 Å². The zero-order chi connectivity index (χ0) is 15.4. The molecule has 7 heteroatoms. The van der Waals surface area contributed by atoms with Crippen molar-refractivity contribution >= 4 is 0 Å². The summed E-state index contributed by atoms with van der Waals surface area (Å²) in [5.74, 6) is 7.11.